The highest BCUT2D eigenvalue weighted by atomic mass is 16.3. The summed E-state index contributed by atoms with van der Waals surface area (Å²) in [5.74, 6) is -0.472. The van der Waals surface area contributed by atoms with E-state index in [0.29, 0.717) is 46.5 Å². The van der Waals surface area contributed by atoms with Gasteiger partial charge in [0.2, 0.25) is 5.82 Å². The molecule has 0 atom stereocenters. The molecule has 1 saturated carbocycles. The number of carbonyl (C=O) groups excluding carboxylic acids is 3. The zero-order chi connectivity index (χ0) is 28.9. The number of hydrogen-bond donors (Lipinski definition) is 4. The van der Waals surface area contributed by atoms with Crippen LogP contribution in [0.4, 0.5) is 0 Å². The summed E-state index contributed by atoms with van der Waals surface area (Å²) in [6.07, 6.45) is 1.32. The van der Waals surface area contributed by atoms with E-state index in [2.05, 4.69) is 25.8 Å². The van der Waals surface area contributed by atoms with Crippen LogP contribution in [-0.4, -0.2) is 40.0 Å². The van der Waals surface area contributed by atoms with E-state index in [-0.39, 0.29) is 17.6 Å². The largest absolute Gasteiger partial charge is 0.455 e. The molecule has 1 aliphatic carbocycles. The van der Waals surface area contributed by atoms with E-state index in [4.69, 9.17) is 10.2 Å². The number of aromatic amines is 1. The molecule has 2 aromatic heterocycles. The minimum Gasteiger partial charge on any atom is -0.455 e. The minimum absolute atomic E-state index is 0.116. The van der Waals surface area contributed by atoms with Crippen molar-refractivity contribution in [2.24, 2.45) is 5.73 Å². The van der Waals surface area contributed by atoms with Gasteiger partial charge in [0.25, 0.3) is 17.7 Å². The average molecular weight is 549 g/mol. The second-order valence-corrected chi connectivity index (χ2v) is 10.4. The summed E-state index contributed by atoms with van der Waals surface area (Å²) in [7, 11) is 1.59. The fourth-order valence-electron chi connectivity index (χ4n) is 5.02. The first-order valence-electron chi connectivity index (χ1n) is 13.2. The number of rotatable bonds is 7. The number of primary amides is 1. The Labute approximate surface area is 235 Å². The molecule has 0 radical (unpaired) electrons. The molecule has 1 aliphatic rings. The number of fused-ring (bicyclic) bond motifs is 1. The number of aromatic nitrogens is 3. The molecule has 2 heterocycles. The van der Waals surface area contributed by atoms with E-state index in [1.165, 1.54) is 0 Å². The number of furan rings is 1. The van der Waals surface area contributed by atoms with E-state index >= 15 is 0 Å². The Hall–Kier alpha value is -5.25. The lowest BCUT2D eigenvalue weighted by Gasteiger charge is -2.16. The van der Waals surface area contributed by atoms with Gasteiger partial charge in [0.15, 0.2) is 5.82 Å². The second kappa shape index (κ2) is 9.74. The van der Waals surface area contributed by atoms with Gasteiger partial charge in [-0.15, -0.1) is 5.10 Å². The van der Waals surface area contributed by atoms with Crippen LogP contribution in [0.15, 0.2) is 65.1 Å². The predicted molar refractivity (Wildman–Crippen MR) is 153 cm³/mol. The van der Waals surface area contributed by atoms with Crippen LogP contribution in [0.3, 0.4) is 0 Å². The fraction of sp³-hybridized carbons (Fsp3) is 0.194. The molecule has 1 fully saturated rings. The number of nitrogens with zero attached hydrogens (tertiary/aromatic N) is 2. The molecule has 0 unspecified atom stereocenters. The first-order chi connectivity index (χ1) is 19.7. The Morgan fingerprint density at radius 1 is 0.951 bits per heavy atom. The Morgan fingerprint density at radius 3 is 2.34 bits per heavy atom. The van der Waals surface area contributed by atoms with Gasteiger partial charge in [-0.25, -0.2) is 4.98 Å². The number of H-pyrrole nitrogens is 1. The summed E-state index contributed by atoms with van der Waals surface area (Å²) in [4.78, 5) is 42.0. The van der Waals surface area contributed by atoms with Crippen LogP contribution < -0.4 is 16.4 Å². The highest BCUT2D eigenvalue weighted by Gasteiger charge is 2.49. The predicted octanol–water partition coefficient (Wildman–Crippen LogP) is 4.38. The van der Waals surface area contributed by atoms with E-state index in [1.54, 1.807) is 13.1 Å². The first-order valence-corrected chi connectivity index (χ1v) is 13.2. The number of nitrogens with two attached hydrogens (primary N) is 1. The molecule has 5 N–H and O–H groups in total. The zero-order valence-electron chi connectivity index (χ0n) is 22.8. The van der Waals surface area contributed by atoms with Crippen LogP contribution >= 0.6 is 0 Å². The molecule has 6 rings (SSSR count). The lowest BCUT2D eigenvalue weighted by atomic mass is 9.95. The van der Waals surface area contributed by atoms with Crippen molar-refractivity contribution < 1.29 is 18.8 Å². The van der Waals surface area contributed by atoms with Crippen molar-refractivity contribution in [2.75, 3.05) is 7.05 Å². The van der Waals surface area contributed by atoms with Gasteiger partial charge in [-0.05, 0) is 67.6 Å². The van der Waals surface area contributed by atoms with Crippen LogP contribution in [0.2, 0.25) is 0 Å². The Morgan fingerprint density at radius 2 is 1.68 bits per heavy atom. The summed E-state index contributed by atoms with van der Waals surface area (Å²) in [5, 5.41) is 13.0. The standard InChI is InChI=1S/C31H28N6O4/c1-16-4-7-18(8-5-16)25-24(29(40)33-3)22-14-19(10-11-23(22)41-25)21-15-20(9-6-17(21)2)28(39)35-31(12-13-31)30-34-27(26(32)38)36-37-30/h4-11,14-15H,12-13H2,1-3H3,(H2,32,38)(H,33,40)(H,35,39)(H,34,36,37). The maximum absolute atomic E-state index is 13.4. The van der Waals surface area contributed by atoms with Crippen molar-refractivity contribution in [1.82, 2.24) is 25.8 Å². The van der Waals surface area contributed by atoms with Gasteiger partial charge >= 0.3 is 0 Å². The number of aryl methyl sites for hydroxylation is 2. The second-order valence-electron chi connectivity index (χ2n) is 10.4. The number of benzene rings is 3. The summed E-state index contributed by atoms with van der Waals surface area (Å²) in [5.41, 5.74) is 10.6. The maximum Gasteiger partial charge on any atom is 0.288 e. The monoisotopic (exact) mass is 548 g/mol. The van der Waals surface area contributed by atoms with Gasteiger partial charge < -0.3 is 20.8 Å². The van der Waals surface area contributed by atoms with Gasteiger partial charge in [-0.3, -0.25) is 19.5 Å². The third-order valence-corrected chi connectivity index (χ3v) is 7.53. The van der Waals surface area contributed by atoms with Crippen molar-refractivity contribution in [3.05, 3.63) is 94.6 Å². The van der Waals surface area contributed by atoms with Gasteiger partial charge in [0.1, 0.15) is 11.3 Å². The van der Waals surface area contributed by atoms with Gasteiger partial charge in [0.05, 0.1) is 11.1 Å². The van der Waals surface area contributed by atoms with Crippen LogP contribution in [-0.2, 0) is 5.54 Å². The Bertz CT molecular complexity index is 1850. The zero-order valence-corrected chi connectivity index (χ0v) is 22.8. The van der Waals surface area contributed by atoms with Crippen molar-refractivity contribution in [3.8, 4) is 22.5 Å². The van der Waals surface area contributed by atoms with E-state index in [1.807, 2.05) is 68.4 Å². The molecule has 10 nitrogen and oxygen atoms in total. The summed E-state index contributed by atoms with van der Waals surface area (Å²) in [6, 6.07) is 19.0. The molecular weight excluding hydrogens is 520 g/mol. The number of nitrogens with one attached hydrogen (secondary N) is 3. The minimum atomic E-state index is -0.738. The van der Waals surface area contributed by atoms with Crippen molar-refractivity contribution >= 4 is 28.7 Å². The van der Waals surface area contributed by atoms with Crippen molar-refractivity contribution in [3.63, 3.8) is 0 Å². The van der Waals surface area contributed by atoms with Crippen LogP contribution in [0.1, 0.15) is 61.1 Å². The summed E-state index contributed by atoms with van der Waals surface area (Å²) in [6.45, 7) is 3.97. The molecule has 10 heteroatoms. The van der Waals surface area contributed by atoms with Gasteiger partial charge in [0, 0.05) is 23.6 Å². The molecule has 0 aliphatic heterocycles. The SMILES string of the molecule is CNC(=O)c1c(-c2ccc(C)cc2)oc2ccc(-c3cc(C(=O)NC4(c5nc(C(N)=O)n[nH]5)CC4)ccc3C)cc12. The smallest absolute Gasteiger partial charge is 0.288 e. The number of amides is 3. The molecule has 41 heavy (non-hydrogen) atoms. The average Bonchev–Trinajstić information content (AvgIpc) is 3.39. The highest BCUT2D eigenvalue weighted by molar-refractivity contribution is 6.12. The van der Waals surface area contributed by atoms with Crippen molar-refractivity contribution in [2.45, 2.75) is 32.2 Å². The third kappa shape index (κ3) is 4.63. The van der Waals surface area contributed by atoms with Crippen LogP contribution in [0.25, 0.3) is 33.4 Å². The topological polar surface area (TPSA) is 156 Å². The Kier molecular flexibility index (Phi) is 6.18. The van der Waals surface area contributed by atoms with Crippen LogP contribution in [0.5, 0.6) is 0 Å². The maximum atomic E-state index is 13.4. The van der Waals surface area contributed by atoms with Crippen molar-refractivity contribution in [1.29, 1.82) is 0 Å². The van der Waals surface area contributed by atoms with Crippen LogP contribution in [0, 0.1) is 13.8 Å². The van der Waals surface area contributed by atoms with E-state index in [9.17, 15) is 14.4 Å². The molecule has 5 aromatic rings. The number of carbonyl (C=O) groups is 3. The fourth-order valence-corrected chi connectivity index (χ4v) is 5.02. The molecule has 3 amide bonds. The lowest BCUT2D eigenvalue weighted by Crippen LogP contribution is -2.35. The molecular formula is C31H28N6O4. The number of hydrogen-bond acceptors (Lipinski definition) is 6. The van der Waals surface area contributed by atoms with E-state index in [0.717, 1.165) is 27.8 Å². The molecule has 3 aromatic carbocycles. The quantitative estimate of drug-likeness (QED) is 0.236. The Balaban J connectivity index is 1.36. The first kappa shape index (κ1) is 26.0. The third-order valence-electron chi connectivity index (χ3n) is 7.53. The summed E-state index contributed by atoms with van der Waals surface area (Å²) < 4.78 is 6.18. The normalized spacial score (nSPS) is 13.6. The van der Waals surface area contributed by atoms with Gasteiger partial charge in [-0.2, -0.15) is 0 Å². The van der Waals surface area contributed by atoms with E-state index < -0.39 is 11.4 Å². The molecule has 206 valence electrons. The molecule has 0 bridgehead atoms. The summed E-state index contributed by atoms with van der Waals surface area (Å²) >= 11 is 0. The highest BCUT2D eigenvalue weighted by Crippen LogP contribution is 2.44. The van der Waals surface area contributed by atoms with Gasteiger partial charge in [-0.1, -0.05) is 42.0 Å². The molecule has 0 saturated heterocycles. The molecule has 0 spiro atoms. The lowest BCUT2D eigenvalue weighted by molar-refractivity contribution is 0.0926.